The maximum atomic E-state index is 12.0. The minimum Gasteiger partial charge on any atom is -0.294 e. The molecule has 0 amide bonds. The van der Waals surface area contributed by atoms with E-state index in [4.69, 9.17) is 4.98 Å². The third kappa shape index (κ3) is 2.72. The highest BCUT2D eigenvalue weighted by Crippen LogP contribution is 2.38. The lowest BCUT2D eigenvalue weighted by Crippen LogP contribution is -2.31. The van der Waals surface area contributed by atoms with Crippen LogP contribution in [0.2, 0.25) is 0 Å². The van der Waals surface area contributed by atoms with Gasteiger partial charge in [0.05, 0.1) is 5.52 Å². The fourth-order valence-corrected chi connectivity index (χ4v) is 3.94. The largest absolute Gasteiger partial charge is 0.294 e. The summed E-state index contributed by atoms with van der Waals surface area (Å²) in [4.78, 5) is 23.8. The van der Waals surface area contributed by atoms with E-state index in [2.05, 4.69) is 16.0 Å². The highest BCUT2D eigenvalue weighted by Gasteiger charge is 2.28. The van der Waals surface area contributed by atoms with Gasteiger partial charge in [-0.2, -0.15) is 0 Å². The molecule has 26 heavy (non-hydrogen) atoms. The zero-order valence-corrected chi connectivity index (χ0v) is 15.0. The fourth-order valence-electron chi connectivity index (χ4n) is 3.94. The van der Waals surface area contributed by atoms with Crippen molar-refractivity contribution in [3.05, 3.63) is 59.3 Å². The number of rotatable bonds is 3. The molecule has 0 atom stereocenters. The standard InChI is InChI=1S/C21H22N4O/c1-14(26)25-13-17(18-4-2-3-5-20(18)25)12-24-9-8-19-16(11-24)10-22-21(23-19)15-6-7-15/h2-5,10,13,15H,6-9,11-12H2,1H3. The van der Waals surface area contributed by atoms with Crippen molar-refractivity contribution in [2.75, 3.05) is 6.54 Å². The van der Waals surface area contributed by atoms with Crippen molar-refractivity contribution in [2.45, 2.75) is 45.2 Å². The van der Waals surface area contributed by atoms with Gasteiger partial charge in [-0.05, 0) is 24.5 Å². The molecule has 132 valence electrons. The van der Waals surface area contributed by atoms with Crippen LogP contribution in [0.25, 0.3) is 10.9 Å². The molecule has 0 saturated heterocycles. The number of para-hydroxylation sites is 1. The zero-order chi connectivity index (χ0) is 17.7. The van der Waals surface area contributed by atoms with E-state index in [9.17, 15) is 4.79 Å². The maximum absolute atomic E-state index is 12.0. The smallest absolute Gasteiger partial charge is 0.227 e. The van der Waals surface area contributed by atoms with E-state index < -0.39 is 0 Å². The molecule has 2 aromatic heterocycles. The first kappa shape index (κ1) is 15.7. The Labute approximate surface area is 152 Å². The van der Waals surface area contributed by atoms with Gasteiger partial charge < -0.3 is 0 Å². The molecule has 1 aromatic carbocycles. The number of hydrogen-bond acceptors (Lipinski definition) is 4. The molecule has 5 rings (SSSR count). The van der Waals surface area contributed by atoms with Crippen LogP contribution in [0.3, 0.4) is 0 Å². The molecular weight excluding hydrogens is 324 g/mol. The summed E-state index contributed by atoms with van der Waals surface area (Å²) >= 11 is 0. The Morgan fingerprint density at radius 2 is 2.12 bits per heavy atom. The summed E-state index contributed by atoms with van der Waals surface area (Å²) in [6.45, 7) is 4.32. The average molecular weight is 346 g/mol. The van der Waals surface area contributed by atoms with Crippen LogP contribution in [0.15, 0.2) is 36.7 Å². The second-order valence-electron chi connectivity index (χ2n) is 7.50. The Balaban J connectivity index is 1.41. The van der Waals surface area contributed by atoms with E-state index in [-0.39, 0.29) is 5.91 Å². The van der Waals surface area contributed by atoms with Gasteiger partial charge >= 0.3 is 0 Å². The van der Waals surface area contributed by atoms with Crippen LogP contribution in [0.1, 0.15) is 53.1 Å². The molecule has 0 spiro atoms. The monoisotopic (exact) mass is 346 g/mol. The van der Waals surface area contributed by atoms with Gasteiger partial charge in [-0.15, -0.1) is 0 Å². The van der Waals surface area contributed by atoms with E-state index in [1.807, 2.05) is 30.6 Å². The molecule has 2 aliphatic rings. The third-order valence-electron chi connectivity index (χ3n) is 5.50. The maximum Gasteiger partial charge on any atom is 0.227 e. The summed E-state index contributed by atoms with van der Waals surface area (Å²) in [6.07, 6.45) is 7.48. The highest BCUT2D eigenvalue weighted by atomic mass is 16.1. The van der Waals surface area contributed by atoms with Crippen molar-refractivity contribution in [2.24, 2.45) is 0 Å². The van der Waals surface area contributed by atoms with Crippen LogP contribution in [-0.2, 0) is 19.5 Å². The normalized spacial score (nSPS) is 17.4. The zero-order valence-electron chi connectivity index (χ0n) is 15.0. The van der Waals surface area contributed by atoms with Gasteiger partial charge in [0.25, 0.3) is 0 Å². The Morgan fingerprint density at radius 3 is 2.92 bits per heavy atom. The second-order valence-corrected chi connectivity index (χ2v) is 7.50. The molecule has 0 unspecified atom stereocenters. The average Bonchev–Trinajstić information content (AvgIpc) is 3.44. The summed E-state index contributed by atoms with van der Waals surface area (Å²) in [6, 6.07) is 8.14. The van der Waals surface area contributed by atoms with Crippen molar-refractivity contribution in [3.8, 4) is 0 Å². The van der Waals surface area contributed by atoms with Crippen molar-refractivity contribution >= 4 is 16.8 Å². The van der Waals surface area contributed by atoms with Gasteiger partial charge in [-0.1, -0.05) is 18.2 Å². The molecule has 0 bridgehead atoms. The molecule has 1 aliphatic carbocycles. The van der Waals surface area contributed by atoms with Crippen LogP contribution in [0, 0.1) is 0 Å². The first-order valence-electron chi connectivity index (χ1n) is 9.36. The molecule has 5 heteroatoms. The Bertz CT molecular complexity index is 1000. The van der Waals surface area contributed by atoms with Gasteiger partial charge in [0.15, 0.2) is 0 Å². The lowest BCUT2D eigenvalue weighted by molar-refractivity contribution is 0.0941. The van der Waals surface area contributed by atoms with Gasteiger partial charge in [-0.25, -0.2) is 9.97 Å². The predicted octanol–water partition coefficient (Wildman–Crippen LogP) is 3.53. The van der Waals surface area contributed by atoms with Crippen molar-refractivity contribution in [1.82, 2.24) is 19.4 Å². The topological polar surface area (TPSA) is 51.0 Å². The van der Waals surface area contributed by atoms with Gasteiger partial charge in [0.2, 0.25) is 5.91 Å². The van der Waals surface area contributed by atoms with Gasteiger partial charge in [0.1, 0.15) is 5.82 Å². The lowest BCUT2D eigenvalue weighted by atomic mass is 10.1. The molecule has 3 heterocycles. The lowest BCUT2D eigenvalue weighted by Gasteiger charge is -2.27. The van der Waals surface area contributed by atoms with Crippen LogP contribution in [0.4, 0.5) is 0 Å². The van der Waals surface area contributed by atoms with Crippen LogP contribution in [-0.4, -0.2) is 31.9 Å². The van der Waals surface area contributed by atoms with E-state index in [1.165, 1.54) is 29.7 Å². The van der Waals surface area contributed by atoms with E-state index >= 15 is 0 Å². The summed E-state index contributed by atoms with van der Waals surface area (Å²) in [5, 5.41) is 1.16. The molecule has 1 aliphatic heterocycles. The molecule has 3 aromatic rings. The molecular formula is C21H22N4O. The SMILES string of the molecule is CC(=O)n1cc(CN2CCc3nc(C4CC4)ncc3C2)c2ccccc21. The third-order valence-corrected chi connectivity index (χ3v) is 5.50. The van der Waals surface area contributed by atoms with Crippen LogP contribution in [0.5, 0.6) is 0 Å². The number of aromatic nitrogens is 3. The number of nitrogens with zero attached hydrogens (tertiary/aromatic N) is 4. The number of carbonyl (C=O) groups excluding carboxylic acids is 1. The summed E-state index contributed by atoms with van der Waals surface area (Å²) in [5.74, 6) is 1.70. The van der Waals surface area contributed by atoms with Crippen molar-refractivity contribution < 1.29 is 4.79 Å². The first-order chi connectivity index (χ1) is 12.7. The minimum absolute atomic E-state index is 0.0532. The number of fused-ring (bicyclic) bond motifs is 2. The minimum atomic E-state index is 0.0532. The number of benzene rings is 1. The molecule has 1 saturated carbocycles. The van der Waals surface area contributed by atoms with E-state index in [1.54, 1.807) is 11.5 Å². The van der Waals surface area contributed by atoms with Crippen LogP contribution < -0.4 is 0 Å². The van der Waals surface area contributed by atoms with Crippen LogP contribution >= 0.6 is 0 Å². The molecule has 5 nitrogen and oxygen atoms in total. The Kier molecular flexibility index (Phi) is 3.64. The number of hydrogen-bond donors (Lipinski definition) is 0. The Morgan fingerprint density at radius 1 is 1.27 bits per heavy atom. The summed E-state index contributed by atoms with van der Waals surface area (Å²) in [7, 11) is 0. The second kappa shape index (κ2) is 6.02. The first-order valence-corrected chi connectivity index (χ1v) is 9.36. The van der Waals surface area contributed by atoms with Crippen molar-refractivity contribution in [3.63, 3.8) is 0 Å². The van der Waals surface area contributed by atoms with Gasteiger partial charge in [-0.3, -0.25) is 14.3 Å². The molecule has 0 radical (unpaired) electrons. The highest BCUT2D eigenvalue weighted by molar-refractivity contribution is 5.93. The Hall–Kier alpha value is -2.53. The summed E-state index contributed by atoms with van der Waals surface area (Å²) < 4.78 is 1.76. The summed E-state index contributed by atoms with van der Waals surface area (Å²) in [5.41, 5.74) is 4.67. The van der Waals surface area contributed by atoms with Gasteiger partial charge in [0, 0.05) is 67.9 Å². The predicted molar refractivity (Wildman–Crippen MR) is 100 cm³/mol. The fraction of sp³-hybridized carbons (Fsp3) is 0.381. The van der Waals surface area contributed by atoms with E-state index in [0.717, 1.165) is 42.8 Å². The molecule has 0 N–H and O–H groups in total. The van der Waals surface area contributed by atoms with E-state index in [0.29, 0.717) is 5.92 Å². The number of carbonyl (C=O) groups is 1. The van der Waals surface area contributed by atoms with Crippen molar-refractivity contribution in [1.29, 1.82) is 0 Å². The molecule has 1 fully saturated rings. The quantitative estimate of drug-likeness (QED) is 0.728.